The van der Waals surface area contributed by atoms with Gasteiger partial charge in [-0.1, -0.05) is 12.1 Å². The molecule has 1 heterocycles. The molecule has 0 aliphatic rings. The molecule has 0 bridgehead atoms. The molecular formula is C15H17N3O4. The number of carboxylic acid groups (broad SMARTS) is 1. The van der Waals surface area contributed by atoms with E-state index >= 15 is 0 Å². The summed E-state index contributed by atoms with van der Waals surface area (Å²) in [6.07, 6.45) is 4.04. The standard InChI is InChI=1S/C15H17N3O4/c19-14(10-18-9-1-7-17-18)16-8-6-12-2-4-13(5-3-12)22-11-15(20)21/h1-5,7,9H,6,8,10-11H2,(H,16,19)(H,20,21). The van der Waals surface area contributed by atoms with E-state index in [0.717, 1.165) is 5.56 Å². The minimum Gasteiger partial charge on any atom is -0.482 e. The number of aliphatic carboxylic acids is 1. The number of rotatable bonds is 8. The lowest BCUT2D eigenvalue weighted by atomic mass is 10.1. The third-order valence-electron chi connectivity index (χ3n) is 2.89. The van der Waals surface area contributed by atoms with Gasteiger partial charge in [-0.15, -0.1) is 0 Å². The Morgan fingerprint density at radius 3 is 2.68 bits per heavy atom. The third kappa shape index (κ3) is 5.28. The predicted octanol–water partition coefficient (Wildman–Crippen LogP) is 0.705. The molecule has 0 radical (unpaired) electrons. The third-order valence-corrected chi connectivity index (χ3v) is 2.89. The average Bonchev–Trinajstić information content (AvgIpc) is 2.99. The first-order valence-electron chi connectivity index (χ1n) is 6.81. The van der Waals surface area contributed by atoms with Gasteiger partial charge in [-0.2, -0.15) is 5.10 Å². The molecule has 0 spiro atoms. The smallest absolute Gasteiger partial charge is 0.341 e. The number of hydrogen-bond donors (Lipinski definition) is 2. The van der Waals surface area contributed by atoms with Crippen LogP contribution in [0, 0.1) is 0 Å². The molecule has 2 N–H and O–H groups in total. The number of benzene rings is 1. The minimum absolute atomic E-state index is 0.0925. The largest absolute Gasteiger partial charge is 0.482 e. The van der Waals surface area contributed by atoms with E-state index in [9.17, 15) is 9.59 Å². The van der Waals surface area contributed by atoms with Gasteiger partial charge >= 0.3 is 5.97 Å². The van der Waals surface area contributed by atoms with Crippen LogP contribution in [-0.2, 0) is 22.6 Å². The molecule has 2 rings (SSSR count). The molecule has 0 saturated carbocycles. The van der Waals surface area contributed by atoms with Crippen LogP contribution in [0.3, 0.4) is 0 Å². The molecule has 0 aliphatic carbocycles. The van der Waals surface area contributed by atoms with Gasteiger partial charge in [-0.3, -0.25) is 9.48 Å². The van der Waals surface area contributed by atoms with Gasteiger partial charge in [-0.05, 0) is 30.2 Å². The van der Waals surface area contributed by atoms with Crippen molar-refractivity contribution in [3.05, 3.63) is 48.3 Å². The molecule has 116 valence electrons. The van der Waals surface area contributed by atoms with Crippen molar-refractivity contribution in [2.75, 3.05) is 13.2 Å². The van der Waals surface area contributed by atoms with Gasteiger partial charge in [0.1, 0.15) is 12.3 Å². The Balaban J connectivity index is 1.70. The molecule has 1 aromatic carbocycles. The van der Waals surface area contributed by atoms with Crippen molar-refractivity contribution in [2.45, 2.75) is 13.0 Å². The second-order valence-electron chi connectivity index (χ2n) is 4.63. The molecule has 1 aromatic heterocycles. The molecule has 7 nitrogen and oxygen atoms in total. The molecule has 22 heavy (non-hydrogen) atoms. The molecule has 1 amide bonds. The van der Waals surface area contributed by atoms with Crippen LogP contribution in [0.15, 0.2) is 42.7 Å². The normalized spacial score (nSPS) is 10.2. The van der Waals surface area contributed by atoms with E-state index in [4.69, 9.17) is 9.84 Å². The van der Waals surface area contributed by atoms with Gasteiger partial charge in [0.25, 0.3) is 0 Å². The molecule has 0 atom stereocenters. The highest BCUT2D eigenvalue weighted by molar-refractivity contribution is 5.75. The first-order chi connectivity index (χ1) is 10.6. The summed E-state index contributed by atoms with van der Waals surface area (Å²) >= 11 is 0. The number of carboxylic acids is 1. The second-order valence-corrected chi connectivity index (χ2v) is 4.63. The predicted molar refractivity (Wildman–Crippen MR) is 78.5 cm³/mol. The van der Waals surface area contributed by atoms with Crippen molar-refractivity contribution < 1.29 is 19.4 Å². The Kier molecular flexibility index (Phi) is 5.53. The Bertz CT molecular complexity index is 608. The summed E-state index contributed by atoms with van der Waals surface area (Å²) < 4.78 is 6.60. The highest BCUT2D eigenvalue weighted by atomic mass is 16.5. The zero-order valence-corrected chi connectivity index (χ0v) is 11.9. The summed E-state index contributed by atoms with van der Waals surface area (Å²) in [5.74, 6) is -0.594. The van der Waals surface area contributed by atoms with Crippen LogP contribution >= 0.6 is 0 Å². The van der Waals surface area contributed by atoms with Gasteiger partial charge < -0.3 is 15.2 Å². The SMILES string of the molecule is O=C(O)COc1ccc(CCNC(=O)Cn2cccn2)cc1. The fraction of sp³-hybridized carbons (Fsp3) is 0.267. The topological polar surface area (TPSA) is 93.5 Å². The quantitative estimate of drug-likeness (QED) is 0.749. The van der Waals surface area contributed by atoms with Crippen molar-refractivity contribution in [3.63, 3.8) is 0 Å². The zero-order chi connectivity index (χ0) is 15.8. The van der Waals surface area contributed by atoms with Gasteiger partial charge in [0.2, 0.25) is 5.91 Å². The highest BCUT2D eigenvalue weighted by Crippen LogP contribution is 2.12. The second kappa shape index (κ2) is 7.82. The number of aromatic nitrogens is 2. The number of hydrogen-bond acceptors (Lipinski definition) is 4. The number of carbonyl (C=O) groups excluding carboxylic acids is 1. The van der Waals surface area contributed by atoms with Crippen LogP contribution in [0.1, 0.15) is 5.56 Å². The molecule has 0 aliphatic heterocycles. The van der Waals surface area contributed by atoms with Crippen molar-refractivity contribution in [1.82, 2.24) is 15.1 Å². The van der Waals surface area contributed by atoms with Gasteiger partial charge in [0.05, 0.1) is 0 Å². The maximum atomic E-state index is 11.7. The summed E-state index contributed by atoms with van der Waals surface area (Å²) in [6, 6.07) is 8.88. The lowest BCUT2D eigenvalue weighted by Gasteiger charge is -2.07. The lowest BCUT2D eigenvalue weighted by molar-refractivity contribution is -0.139. The van der Waals surface area contributed by atoms with E-state index in [0.29, 0.717) is 18.7 Å². The maximum Gasteiger partial charge on any atom is 0.341 e. The minimum atomic E-state index is -1.01. The van der Waals surface area contributed by atoms with Gasteiger partial charge in [-0.25, -0.2) is 4.79 Å². The van der Waals surface area contributed by atoms with Crippen molar-refractivity contribution in [1.29, 1.82) is 0 Å². The van der Waals surface area contributed by atoms with Gasteiger partial charge in [0.15, 0.2) is 6.61 Å². The molecule has 0 unspecified atom stereocenters. The van der Waals surface area contributed by atoms with E-state index < -0.39 is 5.97 Å². The molecular weight excluding hydrogens is 286 g/mol. The maximum absolute atomic E-state index is 11.7. The zero-order valence-electron chi connectivity index (χ0n) is 11.9. The summed E-state index contributed by atoms with van der Waals surface area (Å²) in [7, 11) is 0. The number of ether oxygens (including phenoxy) is 1. The molecule has 0 fully saturated rings. The van der Waals surface area contributed by atoms with Crippen molar-refractivity contribution in [2.24, 2.45) is 0 Å². The van der Waals surface area contributed by atoms with Crippen molar-refractivity contribution in [3.8, 4) is 5.75 Å². The van der Waals surface area contributed by atoms with E-state index in [-0.39, 0.29) is 19.1 Å². The van der Waals surface area contributed by atoms with E-state index in [2.05, 4.69) is 10.4 Å². The van der Waals surface area contributed by atoms with Gasteiger partial charge in [0, 0.05) is 18.9 Å². The number of nitrogens with zero attached hydrogens (tertiary/aromatic N) is 2. The molecule has 0 saturated heterocycles. The summed E-state index contributed by atoms with van der Waals surface area (Å²) in [6.45, 7) is 0.368. The summed E-state index contributed by atoms with van der Waals surface area (Å²) in [4.78, 5) is 22.0. The Hall–Kier alpha value is -2.83. The van der Waals surface area contributed by atoms with E-state index in [1.807, 2.05) is 12.1 Å². The molecule has 7 heteroatoms. The lowest BCUT2D eigenvalue weighted by Crippen LogP contribution is -2.29. The Morgan fingerprint density at radius 2 is 2.05 bits per heavy atom. The van der Waals surface area contributed by atoms with E-state index in [1.54, 1.807) is 35.3 Å². The molecule has 2 aromatic rings. The van der Waals surface area contributed by atoms with Crippen LogP contribution in [-0.4, -0.2) is 39.9 Å². The van der Waals surface area contributed by atoms with Crippen molar-refractivity contribution >= 4 is 11.9 Å². The average molecular weight is 303 g/mol. The monoisotopic (exact) mass is 303 g/mol. The van der Waals surface area contributed by atoms with Crippen LogP contribution in [0.25, 0.3) is 0 Å². The Labute approximate surface area is 127 Å². The first kappa shape index (κ1) is 15.6. The highest BCUT2D eigenvalue weighted by Gasteiger charge is 2.03. The number of amides is 1. The number of carbonyl (C=O) groups is 2. The fourth-order valence-corrected chi connectivity index (χ4v) is 1.84. The first-order valence-corrected chi connectivity index (χ1v) is 6.81. The number of nitrogens with one attached hydrogen (secondary N) is 1. The summed E-state index contributed by atoms with van der Waals surface area (Å²) in [5.41, 5.74) is 1.03. The van der Waals surface area contributed by atoms with E-state index in [1.165, 1.54) is 0 Å². The van der Waals surface area contributed by atoms with Crippen LogP contribution in [0.5, 0.6) is 5.75 Å². The van der Waals surface area contributed by atoms with Crippen LogP contribution in [0.2, 0.25) is 0 Å². The summed E-state index contributed by atoms with van der Waals surface area (Å²) in [5, 5.41) is 15.3. The Morgan fingerprint density at radius 1 is 1.27 bits per heavy atom. The van der Waals surface area contributed by atoms with Crippen LogP contribution < -0.4 is 10.1 Å². The fourth-order valence-electron chi connectivity index (χ4n) is 1.84. The van der Waals surface area contributed by atoms with Crippen LogP contribution in [0.4, 0.5) is 0 Å².